The quantitative estimate of drug-likeness (QED) is 0.263. The van der Waals surface area contributed by atoms with Crippen LogP contribution in [0.3, 0.4) is 0 Å². The Bertz CT molecular complexity index is 1030. The Balaban J connectivity index is 1.45. The standard InChI is InChI=1S/C19H18Cl3N5O2S/c1-27-16(5-3-9-29-15-7-6-12(20)10-13(15)21)25-26-19(27)30-11-17(28)24-14-4-2-8-23-18(14)22/h2,4,6-8,10H,3,5,9,11H2,1H3,(H,24,28). The fourth-order valence-corrected chi connectivity index (χ4v) is 3.85. The molecule has 0 aliphatic heterocycles. The highest BCUT2D eigenvalue weighted by Crippen LogP contribution is 2.27. The maximum absolute atomic E-state index is 12.1. The van der Waals surface area contributed by atoms with Gasteiger partial charge in [0.05, 0.1) is 23.1 Å². The predicted octanol–water partition coefficient (Wildman–Crippen LogP) is 4.91. The minimum atomic E-state index is -0.201. The molecule has 0 atom stereocenters. The van der Waals surface area contributed by atoms with Crippen molar-refractivity contribution in [1.82, 2.24) is 19.7 Å². The highest BCUT2D eigenvalue weighted by atomic mass is 35.5. The van der Waals surface area contributed by atoms with Gasteiger partial charge >= 0.3 is 0 Å². The third-order valence-corrected chi connectivity index (χ3v) is 5.84. The lowest BCUT2D eigenvalue weighted by Gasteiger charge is -2.08. The molecule has 11 heteroatoms. The van der Waals surface area contributed by atoms with Gasteiger partial charge in [0.15, 0.2) is 10.3 Å². The molecule has 0 saturated heterocycles. The Morgan fingerprint density at radius 2 is 2.07 bits per heavy atom. The maximum Gasteiger partial charge on any atom is 0.234 e. The Morgan fingerprint density at radius 3 is 2.83 bits per heavy atom. The number of carbonyl (C=O) groups excluding carboxylic acids is 1. The zero-order valence-corrected chi connectivity index (χ0v) is 19.0. The van der Waals surface area contributed by atoms with Gasteiger partial charge in [-0.2, -0.15) is 0 Å². The molecule has 1 N–H and O–H groups in total. The van der Waals surface area contributed by atoms with Crippen molar-refractivity contribution in [2.24, 2.45) is 7.05 Å². The van der Waals surface area contributed by atoms with E-state index in [1.165, 1.54) is 11.8 Å². The topological polar surface area (TPSA) is 81.9 Å². The fourth-order valence-electron chi connectivity index (χ4n) is 2.49. The summed E-state index contributed by atoms with van der Waals surface area (Å²) in [4.78, 5) is 16.1. The number of thioether (sulfide) groups is 1. The van der Waals surface area contributed by atoms with Crippen molar-refractivity contribution in [3.8, 4) is 5.75 Å². The first-order chi connectivity index (χ1) is 14.4. The van der Waals surface area contributed by atoms with E-state index in [1.807, 2.05) is 11.6 Å². The number of halogens is 3. The second-order valence-corrected chi connectivity index (χ2v) is 8.31. The molecule has 7 nitrogen and oxygen atoms in total. The molecule has 0 aliphatic rings. The summed E-state index contributed by atoms with van der Waals surface area (Å²) in [5.41, 5.74) is 0.476. The van der Waals surface area contributed by atoms with Gasteiger partial charge in [-0.15, -0.1) is 10.2 Å². The molecule has 1 aromatic carbocycles. The van der Waals surface area contributed by atoms with E-state index in [-0.39, 0.29) is 16.8 Å². The second kappa shape index (κ2) is 10.9. The number of nitrogens with zero attached hydrogens (tertiary/aromatic N) is 4. The van der Waals surface area contributed by atoms with E-state index in [0.29, 0.717) is 39.7 Å². The molecule has 0 spiro atoms. The number of ether oxygens (including phenoxy) is 1. The lowest BCUT2D eigenvalue weighted by Crippen LogP contribution is -2.15. The van der Waals surface area contributed by atoms with Crippen LogP contribution in [-0.2, 0) is 18.3 Å². The Kier molecular flexibility index (Phi) is 8.21. The zero-order chi connectivity index (χ0) is 21.5. The zero-order valence-electron chi connectivity index (χ0n) is 15.9. The van der Waals surface area contributed by atoms with Gasteiger partial charge in [-0.1, -0.05) is 46.6 Å². The molecular formula is C19H18Cl3N5O2S. The number of anilines is 1. The number of aromatic nitrogens is 4. The number of benzene rings is 1. The molecule has 0 unspecified atom stereocenters. The van der Waals surface area contributed by atoms with Gasteiger partial charge in [-0.3, -0.25) is 4.79 Å². The van der Waals surface area contributed by atoms with Crippen LogP contribution in [0.2, 0.25) is 15.2 Å². The fraction of sp³-hybridized carbons (Fsp3) is 0.263. The van der Waals surface area contributed by atoms with Gasteiger partial charge in [-0.05, 0) is 36.8 Å². The van der Waals surface area contributed by atoms with E-state index in [9.17, 15) is 4.79 Å². The van der Waals surface area contributed by atoms with E-state index < -0.39 is 0 Å². The number of aryl methyl sites for hydroxylation is 1. The molecule has 158 valence electrons. The molecule has 0 bridgehead atoms. The molecule has 0 saturated carbocycles. The average molecular weight is 487 g/mol. The molecule has 3 rings (SSSR count). The van der Waals surface area contributed by atoms with Crippen LogP contribution in [0.5, 0.6) is 5.75 Å². The molecule has 30 heavy (non-hydrogen) atoms. The molecule has 2 aromatic heterocycles. The van der Waals surface area contributed by atoms with Crippen LogP contribution in [0, 0.1) is 0 Å². The second-order valence-electron chi connectivity index (χ2n) is 6.16. The molecule has 0 fully saturated rings. The summed E-state index contributed by atoms with van der Waals surface area (Å²) in [5, 5.41) is 13.0. The van der Waals surface area contributed by atoms with Crippen molar-refractivity contribution in [3.05, 3.63) is 57.6 Å². The lowest BCUT2D eigenvalue weighted by atomic mass is 10.3. The number of hydrogen-bond donors (Lipinski definition) is 1. The maximum atomic E-state index is 12.1. The van der Waals surface area contributed by atoms with E-state index in [0.717, 1.165) is 12.2 Å². The molecule has 2 heterocycles. The van der Waals surface area contributed by atoms with Crippen LogP contribution in [0.4, 0.5) is 5.69 Å². The average Bonchev–Trinajstić information content (AvgIpc) is 3.06. The largest absolute Gasteiger partial charge is 0.492 e. The minimum Gasteiger partial charge on any atom is -0.492 e. The van der Waals surface area contributed by atoms with Crippen LogP contribution >= 0.6 is 46.6 Å². The number of hydrogen-bond acceptors (Lipinski definition) is 6. The molecule has 0 aliphatic carbocycles. The summed E-state index contributed by atoms with van der Waals surface area (Å²) >= 11 is 19.2. The van der Waals surface area contributed by atoms with Gasteiger partial charge in [0.2, 0.25) is 5.91 Å². The number of pyridine rings is 1. The van der Waals surface area contributed by atoms with Crippen LogP contribution in [0.15, 0.2) is 41.7 Å². The van der Waals surface area contributed by atoms with Crippen molar-refractivity contribution in [1.29, 1.82) is 0 Å². The SMILES string of the molecule is Cn1c(CCCOc2ccc(Cl)cc2Cl)nnc1SCC(=O)Nc1cccnc1Cl. The first kappa shape index (κ1) is 22.7. The minimum absolute atomic E-state index is 0.176. The summed E-state index contributed by atoms with van der Waals surface area (Å²) in [6.45, 7) is 0.477. The van der Waals surface area contributed by atoms with E-state index in [4.69, 9.17) is 39.5 Å². The van der Waals surface area contributed by atoms with E-state index in [2.05, 4.69) is 20.5 Å². The van der Waals surface area contributed by atoms with E-state index in [1.54, 1.807) is 36.5 Å². The Hall–Kier alpha value is -2.00. The monoisotopic (exact) mass is 485 g/mol. The van der Waals surface area contributed by atoms with Crippen molar-refractivity contribution in [2.75, 3.05) is 17.7 Å². The summed E-state index contributed by atoms with van der Waals surface area (Å²) in [6, 6.07) is 8.51. The van der Waals surface area contributed by atoms with Gasteiger partial charge in [0.1, 0.15) is 11.6 Å². The molecule has 1 amide bonds. The van der Waals surface area contributed by atoms with Crippen molar-refractivity contribution < 1.29 is 9.53 Å². The first-order valence-electron chi connectivity index (χ1n) is 8.93. The van der Waals surface area contributed by atoms with Gasteiger partial charge in [0, 0.05) is 24.7 Å². The number of carbonyl (C=O) groups is 1. The number of rotatable bonds is 9. The first-order valence-corrected chi connectivity index (χ1v) is 11.1. The van der Waals surface area contributed by atoms with Crippen LogP contribution in [0.25, 0.3) is 0 Å². The van der Waals surface area contributed by atoms with Crippen LogP contribution in [-0.4, -0.2) is 38.0 Å². The highest BCUT2D eigenvalue weighted by Gasteiger charge is 2.13. The summed E-state index contributed by atoms with van der Waals surface area (Å²) < 4.78 is 7.55. The number of amides is 1. The lowest BCUT2D eigenvalue weighted by molar-refractivity contribution is -0.113. The molecular weight excluding hydrogens is 469 g/mol. The smallest absolute Gasteiger partial charge is 0.234 e. The van der Waals surface area contributed by atoms with Crippen molar-refractivity contribution in [3.63, 3.8) is 0 Å². The van der Waals surface area contributed by atoms with Gasteiger partial charge in [0.25, 0.3) is 0 Å². The van der Waals surface area contributed by atoms with Crippen LogP contribution in [0.1, 0.15) is 12.2 Å². The Labute approximate surface area is 193 Å². The Morgan fingerprint density at radius 1 is 1.23 bits per heavy atom. The highest BCUT2D eigenvalue weighted by molar-refractivity contribution is 7.99. The van der Waals surface area contributed by atoms with Crippen molar-refractivity contribution in [2.45, 2.75) is 18.0 Å². The normalized spacial score (nSPS) is 10.8. The van der Waals surface area contributed by atoms with Crippen molar-refractivity contribution >= 4 is 58.2 Å². The predicted molar refractivity (Wildman–Crippen MR) is 120 cm³/mol. The molecule has 3 aromatic rings. The van der Waals surface area contributed by atoms with Crippen LogP contribution < -0.4 is 10.1 Å². The summed E-state index contributed by atoms with van der Waals surface area (Å²) in [7, 11) is 1.87. The summed E-state index contributed by atoms with van der Waals surface area (Å²) in [6.07, 6.45) is 2.96. The van der Waals surface area contributed by atoms with Gasteiger partial charge < -0.3 is 14.6 Å². The third-order valence-electron chi connectivity index (χ3n) is 3.99. The van der Waals surface area contributed by atoms with Gasteiger partial charge in [-0.25, -0.2) is 4.98 Å². The van der Waals surface area contributed by atoms with E-state index >= 15 is 0 Å². The third kappa shape index (κ3) is 6.25. The number of nitrogens with one attached hydrogen (secondary N) is 1. The summed E-state index contributed by atoms with van der Waals surface area (Å²) in [5.74, 6) is 1.37. The molecule has 0 radical (unpaired) electrons.